The van der Waals surface area contributed by atoms with Crippen LogP contribution < -0.4 is 10.7 Å². The number of anilines is 3. The number of nitrogens with zero attached hydrogens (tertiary/aromatic N) is 5. The van der Waals surface area contributed by atoms with E-state index in [1.54, 1.807) is 0 Å². The van der Waals surface area contributed by atoms with Gasteiger partial charge in [0, 0.05) is 5.69 Å². The van der Waals surface area contributed by atoms with Crippen LogP contribution in [0.15, 0.2) is 54.2 Å². The lowest BCUT2D eigenvalue weighted by atomic mass is 10.2. The zero-order valence-electron chi connectivity index (χ0n) is 16.3. The number of halogens is 4. The van der Waals surface area contributed by atoms with Crippen LogP contribution in [0, 0.1) is 0 Å². The summed E-state index contributed by atoms with van der Waals surface area (Å²) >= 11 is 5.67. The Morgan fingerprint density at radius 2 is 1.58 bits per heavy atom. The third-order valence-corrected chi connectivity index (χ3v) is 4.67. The van der Waals surface area contributed by atoms with Crippen LogP contribution in [0.3, 0.4) is 0 Å². The Labute approximate surface area is 188 Å². The van der Waals surface area contributed by atoms with Crippen molar-refractivity contribution in [1.29, 1.82) is 0 Å². The zero-order chi connectivity index (χ0) is 23.6. The molecule has 0 aliphatic carbocycles. The Morgan fingerprint density at radius 1 is 0.879 bits per heavy atom. The molecule has 33 heavy (non-hydrogen) atoms. The first-order valence-corrected chi connectivity index (χ1v) is 9.50. The molecule has 9 nitrogen and oxygen atoms in total. The van der Waals surface area contributed by atoms with E-state index < -0.39 is 16.8 Å². The maximum atomic E-state index is 13.1. The van der Waals surface area contributed by atoms with E-state index in [1.807, 2.05) is 0 Å². The number of hydrazone groups is 1. The minimum Gasteiger partial charge on any atom is -0.504 e. The predicted octanol–water partition coefficient (Wildman–Crippen LogP) is 4.69. The van der Waals surface area contributed by atoms with Crippen LogP contribution in [0.25, 0.3) is 11.0 Å². The summed E-state index contributed by atoms with van der Waals surface area (Å²) in [7, 11) is 0. The number of hydrogen-bond acceptors (Lipinski definition) is 9. The predicted molar refractivity (Wildman–Crippen MR) is 116 cm³/mol. The van der Waals surface area contributed by atoms with Gasteiger partial charge in [0.25, 0.3) is 0 Å². The van der Waals surface area contributed by atoms with Crippen molar-refractivity contribution in [3.8, 4) is 11.5 Å². The number of aromatic hydroxyl groups is 2. The molecule has 0 atom stereocenters. The fourth-order valence-electron chi connectivity index (χ4n) is 2.80. The molecule has 0 unspecified atom stereocenters. The van der Waals surface area contributed by atoms with Gasteiger partial charge >= 0.3 is 6.18 Å². The molecule has 0 bridgehead atoms. The minimum absolute atomic E-state index is 0.102. The van der Waals surface area contributed by atoms with E-state index in [2.05, 4.69) is 35.8 Å². The lowest BCUT2D eigenvalue weighted by molar-refractivity contribution is -0.137. The highest BCUT2D eigenvalue weighted by Gasteiger charge is 2.33. The van der Waals surface area contributed by atoms with Crippen molar-refractivity contribution in [3.63, 3.8) is 0 Å². The SMILES string of the molecule is Oc1ccc(C=NNc2ncnc3c(Nc4ccc(Cl)c(C(F)(F)F)c4)ncnc23)cc1O. The van der Waals surface area contributed by atoms with Crippen molar-refractivity contribution in [1.82, 2.24) is 19.9 Å². The maximum Gasteiger partial charge on any atom is 0.417 e. The van der Waals surface area contributed by atoms with Crippen molar-refractivity contribution in [2.45, 2.75) is 6.18 Å². The number of aromatic nitrogens is 4. The van der Waals surface area contributed by atoms with E-state index in [0.29, 0.717) is 5.56 Å². The molecule has 0 aliphatic rings. The highest BCUT2D eigenvalue weighted by atomic mass is 35.5. The van der Waals surface area contributed by atoms with Gasteiger partial charge in [-0.05, 0) is 42.0 Å². The van der Waals surface area contributed by atoms with Crippen LogP contribution in [0.1, 0.15) is 11.1 Å². The molecule has 168 valence electrons. The Morgan fingerprint density at radius 3 is 2.27 bits per heavy atom. The second kappa shape index (κ2) is 8.74. The number of benzene rings is 2. The second-order valence-corrected chi connectivity index (χ2v) is 6.98. The fraction of sp³-hybridized carbons (Fsp3) is 0.0500. The molecule has 0 aliphatic heterocycles. The van der Waals surface area contributed by atoms with Crippen LogP contribution in [0.4, 0.5) is 30.5 Å². The maximum absolute atomic E-state index is 13.1. The standard InChI is InChI=1S/C20H13ClF3N7O2/c21-13-3-2-11(6-12(13)20(22,23)24)30-18-16-17(26-8-27-18)19(28-9-25-16)31-29-7-10-1-4-14(32)15(33)5-10/h1-9,32-33H,(H,25,28,31)(H,26,27,30). The monoisotopic (exact) mass is 475 g/mol. The quantitative estimate of drug-likeness (QED) is 0.186. The van der Waals surface area contributed by atoms with Crippen molar-refractivity contribution < 1.29 is 23.4 Å². The summed E-state index contributed by atoms with van der Waals surface area (Å²) in [4.78, 5) is 16.4. The molecular weight excluding hydrogens is 463 g/mol. The number of hydrogen-bond donors (Lipinski definition) is 4. The summed E-state index contributed by atoms with van der Waals surface area (Å²) in [6.07, 6.45) is -0.834. The van der Waals surface area contributed by atoms with Gasteiger partial charge in [-0.2, -0.15) is 18.3 Å². The molecule has 0 fully saturated rings. The molecule has 0 saturated carbocycles. The summed E-state index contributed by atoms with van der Waals surface area (Å²) in [5.74, 6) is -0.211. The molecule has 0 radical (unpaired) electrons. The Hall–Kier alpha value is -4.19. The molecule has 4 aromatic rings. The van der Waals surface area contributed by atoms with E-state index in [-0.39, 0.29) is 39.9 Å². The number of rotatable bonds is 5. The van der Waals surface area contributed by atoms with Gasteiger partial charge in [0.1, 0.15) is 23.7 Å². The molecule has 0 spiro atoms. The lowest BCUT2D eigenvalue weighted by Gasteiger charge is -2.13. The second-order valence-electron chi connectivity index (χ2n) is 6.58. The van der Waals surface area contributed by atoms with Gasteiger partial charge in [-0.15, -0.1) is 0 Å². The van der Waals surface area contributed by atoms with E-state index in [0.717, 1.165) is 12.1 Å². The average Bonchev–Trinajstić information content (AvgIpc) is 2.77. The Bertz CT molecular complexity index is 1370. The van der Waals surface area contributed by atoms with Crippen LogP contribution in [-0.2, 0) is 6.18 Å². The molecule has 2 aromatic heterocycles. The summed E-state index contributed by atoms with van der Waals surface area (Å²) in [6, 6.07) is 7.53. The highest BCUT2D eigenvalue weighted by Crippen LogP contribution is 2.37. The lowest BCUT2D eigenvalue weighted by Crippen LogP contribution is -2.07. The number of phenols is 2. The van der Waals surface area contributed by atoms with E-state index in [4.69, 9.17) is 11.6 Å². The third-order valence-electron chi connectivity index (χ3n) is 4.34. The third kappa shape index (κ3) is 4.85. The molecule has 13 heteroatoms. The van der Waals surface area contributed by atoms with E-state index in [9.17, 15) is 23.4 Å². The molecular formula is C20H13ClF3N7O2. The molecule has 0 saturated heterocycles. The highest BCUT2D eigenvalue weighted by molar-refractivity contribution is 6.31. The fourth-order valence-corrected chi connectivity index (χ4v) is 3.02. The van der Waals surface area contributed by atoms with Crippen molar-refractivity contribution in [3.05, 3.63) is 65.2 Å². The average molecular weight is 476 g/mol. The van der Waals surface area contributed by atoms with Gasteiger partial charge in [0.05, 0.1) is 16.8 Å². The molecule has 4 rings (SSSR count). The van der Waals surface area contributed by atoms with Crippen LogP contribution in [0.5, 0.6) is 11.5 Å². The topological polar surface area (TPSA) is 128 Å². The Balaban J connectivity index is 1.62. The van der Waals surface area contributed by atoms with Crippen molar-refractivity contribution in [2.75, 3.05) is 10.7 Å². The van der Waals surface area contributed by atoms with Gasteiger partial charge in [-0.1, -0.05) is 11.6 Å². The minimum atomic E-state index is -4.62. The van der Waals surface area contributed by atoms with Gasteiger partial charge < -0.3 is 15.5 Å². The number of alkyl halides is 3. The molecule has 0 amide bonds. The number of phenolic OH excluding ortho intramolecular Hbond substituents is 2. The smallest absolute Gasteiger partial charge is 0.417 e. The summed E-state index contributed by atoms with van der Waals surface area (Å²) < 4.78 is 39.4. The zero-order valence-corrected chi connectivity index (χ0v) is 17.1. The number of nitrogens with one attached hydrogen (secondary N) is 2. The largest absolute Gasteiger partial charge is 0.504 e. The van der Waals surface area contributed by atoms with Gasteiger partial charge in [0.2, 0.25) is 0 Å². The van der Waals surface area contributed by atoms with E-state index in [1.165, 1.54) is 43.1 Å². The van der Waals surface area contributed by atoms with Crippen LogP contribution in [0.2, 0.25) is 5.02 Å². The summed E-state index contributed by atoms with van der Waals surface area (Å²) in [5.41, 5.74) is 2.79. The normalized spacial score (nSPS) is 11.8. The van der Waals surface area contributed by atoms with Gasteiger partial charge in [-0.3, -0.25) is 5.43 Å². The van der Waals surface area contributed by atoms with Gasteiger partial charge in [-0.25, -0.2) is 19.9 Å². The summed E-state index contributed by atoms with van der Waals surface area (Å²) in [6.45, 7) is 0. The van der Waals surface area contributed by atoms with Crippen LogP contribution in [-0.4, -0.2) is 36.4 Å². The molecule has 4 N–H and O–H groups in total. The first-order chi connectivity index (χ1) is 15.7. The Kier molecular flexibility index (Phi) is 5.84. The van der Waals surface area contributed by atoms with Crippen molar-refractivity contribution >= 4 is 46.2 Å². The molecule has 2 heterocycles. The van der Waals surface area contributed by atoms with Gasteiger partial charge in [0.15, 0.2) is 23.1 Å². The van der Waals surface area contributed by atoms with Crippen molar-refractivity contribution in [2.24, 2.45) is 5.10 Å². The first kappa shape index (κ1) is 22.0. The number of fused-ring (bicyclic) bond motifs is 1. The van der Waals surface area contributed by atoms with E-state index >= 15 is 0 Å². The first-order valence-electron chi connectivity index (χ1n) is 9.13. The summed E-state index contributed by atoms with van der Waals surface area (Å²) in [5, 5.41) is 25.3. The van der Waals surface area contributed by atoms with Crippen LogP contribution >= 0.6 is 11.6 Å². The molecule has 2 aromatic carbocycles.